The number of hydrogen-bond acceptors (Lipinski definition) is 2. The molecule has 1 N–H and O–H groups in total. The Labute approximate surface area is 101 Å². The van der Waals surface area contributed by atoms with Gasteiger partial charge in [-0.3, -0.25) is 4.90 Å². The fourth-order valence-electron chi connectivity index (χ4n) is 2.27. The summed E-state index contributed by atoms with van der Waals surface area (Å²) >= 11 is 0. The Morgan fingerprint density at radius 2 is 2.12 bits per heavy atom. The summed E-state index contributed by atoms with van der Waals surface area (Å²) < 4.78 is 0. The molecule has 94 valence electrons. The summed E-state index contributed by atoms with van der Waals surface area (Å²) in [5, 5.41) is 3.63. The van der Waals surface area contributed by atoms with Crippen LogP contribution in [-0.2, 0) is 0 Å². The first-order chi connectivity index (χ1) is 7.53. The zero-order valence-corrected chi connectivity index (χ0v) is 11.3. The Bertz CT molecular complexity index is 205. The number of piperidine rings is 1. The third-order valence-electron chi connectivity index (χ3n) is 3.24. The normalized spacial score (nSPS) is 23.3. The molecule has 1 atom stereocenters. The fourth-order valence-corrected chi connectivity index (χ4v) is 2.27. The van der Waals surface area contributed by atoms with Crippen LogP contribution in [0.3, 0.4) is 0 Å². The topological polar surface area (TPSA) is 15.3 Å². The van der Waals surface area contributed by atoms with Crippen molar-refractivity contribution >= 4 is 0 Å². The first-order valence-corrected chi connectivity index (χ1v) is 6.63. The van der Waals surface area contributed by atoms with Crippen LogP contribution in [0.5, 0.6) is 0 Å². The molecule has 1 aliphatic rings. The lowest BCUT2D eigenvalue weighted by Gasteiger charge is -2.37. The van der Waals surface area contributed by atoms with Gasteiger partial charge in [0.2, 0.25) is 0 Å². The quantitative estimate of drug-likeness (QED) is 0.722. The van der Waals surface area contributed by atoms with Crippen LogP contribution in [0.4, 0.5) is 0 Å². The van der Waals surface area contributed by atoms with Gasteiger partial charge in [0, 0.05) is 24.7 Å². The van der Waals surface area contributed by atoms with E-state index in [4.69, 9.17) is 0 Å². The first-order valence-electron chi connectivity index (χ1n) is 6.63. The first kappa shape index (κ1) is 13.7. The summed E-state index contributed by atoms with van der Waals surface area (Å²) in [6.45, 7) is 14.1. The van der Waals surface area contributed by atoms with Gasteiger partial charge in [-0.2, -0.15) is 0 Å². The molecule has 1 fully saturated rings. The molecule has 0 amide bonds. The Hall–Kier alpha value is -0.340. The summed E-state index contributed by atoms with van der Waals surface area (Å²) in [6, 6.07) is 0.730. The van der Waals surface area contributed by atoms with Crippen molar-refractivity contribution in [3.63, 3.8) is 0 Å². The molecule has 0 aromatic heterocycles. The van der Waals surface area contributed by atoms with E-state index < -0.39 is 0 Å². The number of hydrogen-bond donors (Lipinski definition) is 1. The number of rotatable bonds is 5. The predicted octanol–water partition coefficient (Wildman–Crippen LogP) is 2.81. The second kappa shape index (κ2) is 6.41. The highest BCUT2D eigenvalue weighted by atomic mass is 15.2. The smallest absolute Gasteiger partial charge is 0.0220 e. The van der Waals surface area contributed by atoms with Crippen LogP contribution in [0.25, 0.3) is 0 Å². The molecule has 1 rings (SSSR count). The summed E-state index contributed by atoms with van der Waals surface area (Å²) in [7, 11) is 0. The molecule has 0 bridgehead atoms. The van der Waals surface area contributed by atoms with E-state index in [0.717, 1.165) is 19.0 Å². The second-order valence-corrected chi connectivity index (χ2v) is 5.89. The minimum absolute atomic E-state index is 0.238. The van der Waals surface area contributed by atoms with E-state index in [0.29, 0.717) is 0 Å². The van der Waals surface area contributed by atoms with E-state index in [-0.39, 0.29) is 5.54 Å². The van der Waals surface area contributed by atoms with Crippen molar-refractivity contribution in [2.75, 3.05) is 19.6 Å². The Morgan fingerprint density at radius 3 is 2.75 bits per heavy atom. The predicted molar refractivity (Wildman–Crippen MR) is 71.8 cm³/mol. The van der Waals surface area contributed by atoms with Crippen LogP contribution in [0.2, 0.25) is 0 Å². The SMILES string of the molecule is C=CCCN1CCCCC1CNC(C)(C)C. The molecule has 0 radical (unpaired) electrons. The lowest BCUT2D eigenvalue weighted by molar-refractivity contribution is 0.141. The molecule has 0 aromatic carbocycles. The maximum Gasteiger partial charge on any atom is 0.0220 e. The molecule has 0 spiro atoms. The zero-order chi connectivity index (χ0) is 12.0. The van der Waals surface area contributed by atoms with Gasteiger partial charge in [0.25, 0.3) is 0 Å². The molecular weight excluding hydrogens is 196 g/mol. The van der Waals surface area contributed by atoms with Crippen molar-refractivity contribution in [2.24, 2.45) is 0 Å². The van der Waals surface area contributed by atoms with Crippen molar-refractivity contribution in [1.82, 2.24) is 10.2 Å². The monoisotopic (exact) mass is 224 g/mol. The average molecular weight is 224 g/mol. The Kier molecular flexibility index (Phi) is 5.50. The minimum Gasteiger partial charge on any atom is -0.311 e. The van der Waals surface area contributed by atoms with Gasteiger partial charge in [0.15, 0.2) is 0 Å². The van der Waals surface area contributed by atoms with Gasteiger partial charge in [0.1, 0.15) is 0 Å². The van der Waals surface area contributed by atoms with E-state index in [9.17, 15) is 0 Å². The Balaban J connectivity index is 2.37. The zero-order valence-electron chi connectivity index (χ0n) is 11.3. The van der Waals surface area contributed by atoms with E-state index in [1.165, 1.54) is 32.4 Å². The molecule has 1 unspecified atom stereocenters. The van der Waals surface area contributed by atoms with Gasteiger partial charge in [-0.15, -0.1) is 6.58 Å². The maximum atomic E-state index is 3.81. The van der Waals surface area contributed by atoms with Crippen LogP contribution in [-0.4, -0.2) is 36.1 Å². The van der Waals surface area contributed by atoms with Gasteiger partial charge < -0.3 is 5.32 Å². The third kappa shape index (κ3) is 5.13. The van der Waals surface area contributed by atoms with Gasteiger partial charge in [-0.25, -0.2) is 0 Å². The van der Waals surface area contributed by atoms with Gasteiger partial charge >= 0.3 is 0 Å². The minimum atomic E-state index is 0.238. The highest BCUT2D eigenvalue weighted by Crippen LogP contribution is 2.17. The van der Waals surface area contributed by atoms with Gasteiger partial charge in [0.05, 0.1) is 0 Å². The number of nitrogens with one attached hydrogen (secondary N) is 1. The summed E-state index contributed by atoms with van der Waals surface area (Å²) in [5.41, 5.74) is 0.238. The molecule has 0 aliphatic carbocycles. The van der Waals surface area contributed by atoms with Crippen molar-refractivity contribution in [3.8, 4) is 0 Å². The third-order valence-corrected chi connectivity index (χ3v) is 3.24. The van der Waals surface area contributed by atoms with E-state index in [1.807, 2.05) is 6.08 Å². The number of likely N-dealkylation sites (tertiary alicyclic amines) is 1. The van der Waals surface area contributed by atoms with Crippen LogP contribution >= 0.6 is 0 Å². The standard InChI is InChI=1S/C14H28N2/c1-5-6-10-16-11-8-7-9-13(16)12-15-14(2,3)4/h5,13,15H,1,6-12H2,2-4H3. The van der Waals surface area contributed by atoms with E-state index in [1.54, 1.807) is 0 Å². The van der Waals surface area contributed by atoms with Crippen molar-refractivity contribution in [2.45, 2.75) is 58.0 Å². The molecule has 2 heteroatoms. The average Bonchev–Trinajstić information content (AvgIpc) is 2.23. The van der Waals surface area contributed by atoms with Gasteiger partial charge in [-0.1, -0.05) is 12.5 Å². The van der Waals surface area contributed by atoms with E-state index in [2.05, 4.69) is 37.6 Å². The summed E-state index contributed by atoms with van der Waals surface area (Å²) in [6.07, 6.45) is 7.25. The Morgan fingerprint density at radius 1 is 1.38 bits per heavy atom. The summed E-state index contributed by atoms with van der Waals surface area (Å²) in [5.74, 6) is 0. The second-order valence-electron chi connectivity index (χ2n) is 5.89. The van der Waals surface area contributed by atoms with Gasteiger partial charge in [-0.05, 0) is 46.6 Å². The van der Waals surface area contributed by atoms with Crippen LogP contribution in [0.15, 0.2) is 12.7 Å². The molecule has 0 aromatic rings. The lowest BCUT2D eigenvalue weighted by Crippen LogP contribution is -2.49. The molecule has 2 nitrogen and oxygen atoms in total. The largest absolute Gasteiger partial charge is 0.311 e. The molecular formula is C14H28N2. The summed E-state index contributed by atoms with van der Waals surface area (Å²) in [4.78, 5) is 2.63. The highest BCUT2D eigenvalue weighted by molar-refractivity contribution is 4.83. The molecule has 1 heterocycles. The molecule has 1 aliphatic heterocycles. The van der Waals surface area contributed by atoms with Crippen molar-refractivity contribution in [3.05, 3.63) is 12.7 Å². The van der Waals surface area contributed by atoms with Crippen molar-refractivity contribution < 1.29 is 0 Å². The van der Waals surface area contributed by atoms with Crippen LogP contribution in [0, 0.1) is 0 Å². The maximum absolute atomic E-state index is 3.81. The van der Waals surface area contributed by atoms with Crippen LogP contribution in [0.1, 0.15) is 46.5 Å². The van der Waals surface area contributed by atoms with Crippen molar-refractivity contribution in [1.29, 1.82) is 0 Å². The van der Waals surface area contributed by atoms with Crippen LogP contribution < -0.4 is 5.32 Å². The lowest BCUT2D eigenvalue weighted by atomic mass is 10.00. The highest BCUT2D eigenvalue weighted by Gasteiger charge is 2.22. The van der Waals surface area contributed by atoms with E-state index >= 15 is 0 Å². The molecule has 1 saturated heterocycles. The molecule has 16 heavy (non-hydrogen) atoms. The number of nitrogens with zero attached hydrogens (tertiary/aromatic N) is 1. The fraction of sp³-hybridized carbons (Fsp3) is 0.857. The molecule has 0 saturated carbocycles.